The van der Waals surface area contributed by atoms with Crippen molar-refractivity contribution in [3.05, 3.63) is 92.7 Å². The van der Waals surface area contributed by atoms with Crippen molar-refractivity contribution in [2.75, 3.05) is 0 Å². The van der Waals surface area contributed by atoms with E-state index in [1.165, 1.54) is 33.4 Å². The molecule has 0 aromatic rings. The number of ketones is 2. The van der Waals surface area contributed by atoms with E-state index in [1.807, 2.05) is 0 Å². The van der Waals surface area contributed by atoms with E-state index in [2.05, 4.69) is 98.8 Å². The lowest BCUT2D eigenvalue weighted by Crippen LogP contribution is -2.25. The first-order chi connectivity index (χ1) is 18.7. The monoisotopic (exact) mass is 544 g/mol. The highest BCUT2D eigenvalue weighted by molar-refractivity contribution is 6.22. The number of hydrogen-bond donors (Lipinski definition) is 0. The summed E-state index contributed by atoms with van der Waals surface area (Å²) < 4.78 is 0. The van der Waals surface area contributed by atoms with E-state index in [1.54, 1.807) is 19.9 Å². The van der Waals surface area contributed by atoms with Crippen LogP contribution in [0.4, 0.5) is 0 Å². The molecule has 2 nitrogen and oxygen atoms in total. The first-order valence-electron chi connectivity index (χ1n) is 15.1. The molecule has 0 spiro atoms. The largest absolute Gasteiger partial charge is 0.290 e. The van der Waals surface area contributed by atoms with Crippen molar-refractivity contribution in [3.8, 4) is 0 Å². The fourth-order valence-corrected chi connectivity index (χ4v) is 4.94. The number of rotatable bonds is 15. The van der Waals surface area contributed by atoms with E-state index >= 15 is 0 Å². The first-order valence-corrected chi connectivity index (χ1v) is 15.1. The summed E-state index contributed by atoms with van der Waals surface area (Å²) in [5.74, 6) is -0.0754. The Kier molecular flexibility index (Phi) is 15.7. The van der Waals surface area contributed by atoms with Gasteiger partial charge in [0.1, 0.15) is 0 Å². The highest BCUT2D eigenvalue weighted by Gasteiger charge is 2.31. The van der Waals surface area contributed by atoms with Crippen LogP contribution in [0.1, 0.15) is 121 Å². The number of allylic oxidation sites excluding steroid dienone is 16. The van der Waals surface area contributed by atoms with Crippen molar-refractivity contribution in [1.29, 1.82) is 0 Å². The lowest BCUT2D eigenvalue weighted by molar-refractivity contribution is -0.116. The Morgan fingerprint density at radius 3 is 1.55 bits per heavy atom. The molecule has 2 atom stereocenters. The number of carbonyl (C=O) groups is 2. The summed E-state index contributed by atoms with van der Waals surface area (Å²) in [5, 5.41) is 0. The maximum absolute atomic E-state index is 13.6. The van der Waals surface area contributed by atoms with Crippen LogP contribution in [0.2, 0.25) is 0 Å². The molecule has 40 heavy (non-hydrogen) atoms. The van der Waals surface area contributed by atoms with Gasteiger partial charge in [-0.25, -0.2) is 0 Å². The summed E-state index contributed by atoms with van der Waals surface area (Å²) in [6.07, 6.45) is 22.3. The second-order valence-corrected chi connectivity index (χ2v) is 12.5. The average Bonchev–Trinajstić information content (AvgIpc) is 2.85. The van der Waals surface area contributed by atoms with Crippen molar-refractivity contribution in [3.63, 3.8) is 0 Å². The molecule has 0 N–H and O–H groups in total. The third-order valence-electron chi connectivity index (χ3n) is 7.62. The van der Waals surface area contributed by atoms with Crippen LogP contribution in [0.25, 0.3) is 0 Å². The van der Waals surface area contributed by atoms with Gasteiger partial charge in [0.25, 0.3) is 0 Å². The minimum Gasteiger partial charge on any atom is -0.290 e. The molecule has 0 heterocycles. The Bertz CT molecular complexity index is 1140. The zero-order valence-electron chi connectivity index (χ0n) is 27.5. The molecule has 1 aliphatic rings. The second kappa shape index (κ2) is 17.8. The quantitative estimate of drug-likeness (QED) is 0.152. The predicted octanol–water partition coefficient (Wildman–Crippen LogP) is 11.1. The maximum Gasteiger partial charge on any atom is 0.185 e. The molecule has 220 valence electrons. The normalized spacial score (nSPS) is 16.5. The Hall–Kier alpha value is -2.74. The lowest BCUT2D eigenvalue weighted by Gasteiger charge is -2.27. The highest BCUT2D eigenvalue weighted by atomic mass is 16.1. The van der Waals surface area contributed by atoms with Crippen LogP contribution in [0, 0.1) is 11.8 Å². The third-order valence-corrected chi connectivity index (χ3v) is 7.62. The van der Waals surface area contributed by atoms with E-state index < -0.39 is 0 Å². The van der Waals surface area contributed by atoms with Gasteiger partial charge in [0.15, 0.2) is 11.6 Å². The average molecular weight is 545 g/mol. The molecular weight excluding hydrogens is 488 g/mol. The van der Waals surface area contributed by atoms with E-state index in [9.17, 15) is 9.59 Å². The molecule has 0 aromatic heterocycles. The number of carbonyl (C=O) groups excluding carboxylic acids is 2. The van der Waals surface area contributed by atoms with Gasteiger partial charge in [0, 0.05) is 22.6 Å². The van der Waals surface area contributed by atoms with Crippen LogP contribution in [-0.2, 0) is 9.59 Å². The highest BCUT2D eigenvalue weighted by Crippen LogP contribution is 2.35. The van der Waals surface area contributed by atoms with Gasteiger partial charge in [-0.2, -0.15) is 0 Å². The van der Waals surface area contributed by atoms with Crippen molar-refractivity contribution < 1.29 is 9.59 Å². The summed E-state index contributed by atoms with van der Waals surface area (Å²) in [6, 6.07) is 0. The van der Waals surface area contributed by atoms with Gasteiger partial charge in [-0.05, 0) is 133 Å². The molecule has 0 fully saturated rings. The maximum atomic E-state index is 13.6. The lowest BCUT2D eigenvalue weighted by atomic mass is 9.75. The number of Topliss-reactive ketones (excluding diaryl/α,β-unsaturated/α-hetero) is 1. The minimum atomic E-state index is -0.147. The SMILES string of the molecule is CC(C)=CCC/C(C)=C/CC(/C=C(\C)CCC=C(C)C)C(/C=C(\C)CCC=C(C)C)C1=CC(=O)C(C)=C(C)C1=O. The molecule has 0 saturated heterocycles. The fourth-order valence-electron chi connectivity index (χ4n) is 4.94. The molecule has 1 aliphatic carbocycles. The van der Waals surface area contributed by atoms with Crippen LogP contribution in [0.15, 0.2) is 92.7 Å². The zero-order valence-corrected chi connectivity index (χ0v) is 27.5. The van der Waals surface area contributed by atoms with Crippen LogP contribution in [0.3, 0.4) is 0 Å². The summed E-state index contributed by atoms with van der Waals surface area (Å²) >= 11 is 0. The molecule has 0 saturated carbocycles. The zero-order chi connectivity index (χ0) is 30.4. The van der Waals surface area contributed by atoms with Crippen LogP contribution >= 0.6 is 0 Å². The van der Waals surface area contributed by atoms with Crippen LogP contribution in [0.5, 0.6) is 0 Å². The van der Waals surface area contributed by atoms with Gasteiger partial charge in [0.2, 0.25) is 0 Å². The van der Waals surface area contributed by atoms with Gasteiger partial charge in [-0.1, -0.05) is 69.9 Å². The van der Waals surface area contributed by atoms with Crippen LogP contribution in [-0.4, -0.2) is 11.6 Å². The van der Waals surface area contributed by atoms with Crippen molar-refractivity contribution in [2.24, 2.45) is 11.8 Å². The standard InChI is InChI=1S/C38H56O2/c1-26(2)15-12-18-29(7)21-22-34(23-30(8)19-13-16-27(3)4)35(24-31(9)20-14-17-28(5)6)36-25-37(39)32(10)33(11)38(36)40/h15-17,21,23-25,34-35H,12-14,18-20,22H2,1-11H3/b29-21+,30-23+,31-24+. The summed E-state index contributed by atoms with van der Waals surface area (Å²) in [5.41, 5.74) is 9.75. The topological polar surface area (TPSA) is 34.1 Å². The van der Waals surface area contributed by atoms with E-state index in [4.69, 9.17) is 0 Å². The molecule has 0 bridgehead atoms. The Balaban J connectivity index is 3.58. The second-order valence-electron chi connectivity index (χ2n) is 12.5. The summed E-state index contributed by atoms with van der Waals surface area (Å²) in [4.78, 5) is 26.6. The summed E-state index contributed by atoms with van der Waals surface area (Å²) in [7, 11) is 0. The first kappa shape index (κ1) is 35.3. The predicted molar refractivity (Wildman–Crippen MR) is 175 cm³/mol. The Morgan fingerprint density at radius 2 is 1.07 bits per heavy atom. The van der Waals surface area contributed by atoms with Crippen molar-refractivity contribution in [1.82, 2.24) is 0 Å². The van der Waals surface area contributed by atoms with Crippen molar-refractivity contribution >= 4 is 11.6 Å². The van der Waals surface area contributed by atoms with E-state index in [-0.39, 0.29) is 23.4 Å². The van der Waals surface area contributed by atoms with Gasteiger partial charge < -0.3 is 0 Å². The molecule has 0 aromatic carbocycles. The smallest absolute Gasteiger partial charge is 0.185 e. The van der Waals surface area contributed by atoms with Crippen molar-refractivity contribution in [2.45, 2.75) is 121 Å². The van der Waals surface area contributed by atoms with Gasteiger partial charge in [-0.15, -0.1) is 0 Å². The van der Waals surface area contributed by atoms with Gasteiger partial charge in [0.05, 0.1) is 0 Å². The molecule has 2 unspecified atom stereocenters. The van der Waals surface area contributed by atoms with E-state index in [0.717, 1.165) is 44.9 Å². The third kappa shape index (κ3) is 13.1. The molecule has 0 amide bonds. The molecule has 0 radical (unpaired) electrons. The van der Waals surface area contributed by atoms with E-state index in [0.29, 0.717) is 16.7 Å². The minimum absolute atomic E-state index is 0.0142. The van der Waals surface area contributed by atoms with Crippen LogP contribution < -0.4 is 0 Å². The molecule has 0 aliphatic heterocycles. The molecular formula is C38H56O2. The molecule has 2 heteroatoms. The number of hydrogen-bond acceptors (Lipinski definition) is 2. The Morgan fingerprint density at radius 1 is 0.625 bits per heavy atom. The summed E-state index contributed by atoms with van der Waals surface area (Å²) in [6.45, 7) is 23.0. The molecule has 1 rings (SSSR count). The Labute approximate surface area is 246 Å². The fraction of sp³-hybridized carbons (Fsp3) is 0.526. The van der Waals surface area contributed by atoms with Gasteiger partial charge in [-0.3, -0.25) is 9.59 Å². The van der Waals surface area contributed by atoms with Gasteiger partial charge >= 0.3 is 0 Å².